The van der Waals surface area contributed by atoms with E-state index in [1.165, 1.54) is 12.1 Å². The minimum atomic E-state index is -0.318. The molecule has 3 aromatic rings. The van der Waals surface area contributed by atoms with Gasteiger partial charge in [-0.25, -0.2) is 9.37 Å². The van der Waals surface area contributed by atoms with Gasteiger partial charge in [-0.05, 0) is 36.2 Å². The molecule has 2 aromatic heterocycles. The average molecular weight is 270 g/mol. The summed E-state index contributed by atoms with van der Waals surface area (Å²) in [6, 6.07) is 2.85. The summed E-state index contributed by atoms with van der Waals surface area (Å²) < 4.78 is 13.4. The fourth-order valence-corrected chi connectivity index (χ4v) is 2.45. The summed E-state index contributed by atoms with van der Waals surface area (Å²) in [6.45, 7) is 1.81. The molecule has 0 saturated heterocycles. The smallest absolute Gasteiger partial charge is 0.225 e. The number of H-pyrrole nitrogens is 1. The van der Waals surface area contributed by atoms with E-state index in [2.05, 4.69) is 15.0 Å². The molecule has 0 unspecified atom stereocenters. The first kappa shape index (κ1) is 10.7. The van der Waals surface area contributed by atoms with E-state index in [-0.39, 0.29) is 16.3 Å². The summed E-state index contributed by atoms with van der Waals surface area (Å²) in [4.78, 5) is 11.0. The van der Waals surface area contributed by atoms with Gasteiger partial charge in [0.25, 0.3) is 0 Å². The van der Waals surface area contributed by atoms with Gasteiger partial charge in [-0.1, -0.05) is 11.6 Å². The Labute approximate surface area is 106 Å². The van der Waals surface area contributed by atoms with Gasteiger partial charge in [0.1, 0.15) is 16.6 Å². The maximum absolute atomic E-state index is 13.4. The number of fused-ring (bicyclic) bond motifs is 3. The monoisotopic (exact) mass is 269 g/mol. The van der Waals surface area contributed by atoms with Gasteiger partial charge >= 0.3 is 0 Å². The zero-order valence-electron chi connectivity index (χ0n) is 8.68. The van der Waals surface area contributed by atoms with E-state index in [1.807, 2.05) is 6.92 Å². The molecule has 3 rings (SSSR count). The van der Waals surface area contributed by atoms with Crippen LogP contribution in [0.3, 0.4) is 0 Å². The number of aromatic amines is 1. The molecule has 0 aliphatic heterocycles. The van der Waals surface area contributed by atoms with Crippen LogP contribution in [-0.4, -0.2) is 15.0 Å². The van der Waals surface area contributed by atoms with Gasteiger partial charge < -0.3 is 4.98 Å². The third-order valence-electron chi connectivity index (χ3n) is 2.65. The van der Waals surface area contributed by atoms with Crippen molar-refractivity contribution < 1.29 is 4.39 Å². The van der Waals surface area contributed by atoms with Crippen LogP contribution in [0.15, 0.2) is 12.1 Å². The van der Waals surface area contributed by atoms with E-state index in [0.29, 0.717) is 16.4 Å². The Morgan fingerprint density at radius 2 is 2.00 bits per heavy atom. The van der Waals surface area contributed by atoms with Crippen molar-refractivity contribution in [2.24, 2.45) is 0 Å². The second-order valence-corrected chi connectivity index (χ2v) is 4.47. The molecule has 0 amide bonds. The Kier molecular flexibility index (Phi) is 2.24. The molecule has 1 N–H and O–H groups in total. The van der Waals surface area contributed by atoms with E-state index < -0.39 is 0 Å². The Morgan fingerprint density at radius 3 is 2.76 bits per heavy atom. The lowest BCUT2D eigenvalue weighted by molar-refractivity contribution is 0.628. The van der Waals surface area contributed by atoms with Crippen LogP contribution in [0.1, 0.15) is 5.56 Å². The molecule has 0 fully saturated rings. The Morgan fingerprint density at radius 1 is 1.24 bits per heavy atom. The maximum atomic E-state index is 13.4. The van der Waals surface area contributed by atoms with Gasteiger partial charge in [-0.2, -0.15) is 4.98 Å². The first-order valence-corrected chi connectivity index (χ1v) is 5.62. The van der Waals surface area contributed by atoms with Crippen molar-refractivity contribution in [1.82, 2.24) is 15.0 Å². The summed E-state index contributed by atoms with van der Waals surface area (Å²) in [5.74, 6) is -0.318. The van der Waals surface area contributed by atoms with E-state index in [0.717, 1.165) is 11.1 Å². The summed E-state index contributed by atoms with van der Waals surface area (Å²) in [6.07, 6.45) is 0. The molecular weight excluding hydrogens is 264 g/mol. The summed E-state index contributed by atoms with van der Waals surface area (Å²) in [5, 5.41) is 1.54. The number of aromatic nitrogens is 3. The highest BCUT2D eigenvalue weighted by molar-refractivity contribution is 6.37. The first-order valence-electron chi connectivity index (χ1n) is 4.87. The van der Waals surface area contributed by atoms with Crippen molar-refractivity contribution in [2.75, 3.05) is 0 Å². The zero-order chi connectivity index (χ0) is 12.2. The van der Waals surface area contributed by atoms with E-state index in [1.54, 1.807) is 0 Å². The molecule has 0 aliphatic carbocycles. The van der Waals surface area contributed by atoms with Crippen LogP contribution in [0, 0.1) is 12.7 Å². The number of nitrogens with zero attached hydrogens (tertiary/aromatic N) is 2. The molecule has 0 radical (unpaired) electrons. The summed E-state index contributed by atoms with van der Waals surface area (Å²) in [7, 11) is 0. The van der Waals surface area contributed by atoms with Gasteiger partial charge in [-0.15, -0.1) is 0 Å². The van der Waals surface area contributed by atoms with Crippen LogP contribution in [0.2, 0.25) is 10.4 Å². The molecule has 0 spiro atoms. The Balaban J connectivity index is 2.60. The van der Waals surface area contributed by atoms with Crippen molar-refractivity contribution in [1.29, 1.82) is 0 Å². The Hall–Kier alpha value is -1.39. The fourth-order valence-electron chi connectivity index (χ4n) is 1.96. The number of hydrogen-bond acceptors (Lipinski definition) is 2. The standard InChI is InChI=1S/C11H6Cl2FN3/c1-4-2-5(14)3-6-7-9(12)16-11(13)17-10(7)15-8(4)6/h2-3H,1H3,(H,15,16,17). The second-order valence-electron chi connectivity index (χ2n) is 3.78. The van der Waals surface area contributed by atoms with E-state index in [4.69, 9.17) is 23.2 Å². The van der Waals surface area contributed by atoms with Crippen molar-refractivity contribution in [3.63, 3.8) is 0 Å². The molecule has 17 heavy (non-hydrogen) atoms. The topological polar surface area (TPSA) is 41.6 Å². The van der Waals surface area contributed by atoms with Crippen LogP contribution >= 0.6 is 23.2 Å². The quantitative estimate of drug-likeness (QED) is 0.497. The van der Waals surface area contributed by atoms with Crippen molar-refractivity contribution in [3.05, 3.63) is 34.0 Å². The van der Waals surface area contributed by atoms with Gasteiger partial charge in [0.2, 0.25) is 5.28 Å². The van der Waals surface area contributed by atoms with Crippen LogP contribution in [0.25, 0.3) is 21.9 Å². The van der Waals surface area contributed by atoms with Gasteiger partial charge in [-0.3, -0.25) is 0 Å². The molecule has 3 nitrogen and oxygen atoms in total. The van der Waals surface area contributed by atoms with Crippen LogP contribution in [-0.2, 0) is 0 Å². The minimum absolute atomic E-state index is 0.0622. The zero-order valence-corrected chi connectivity index (χ0v) is 10.2. The lowest BCUT2D eigenvalue weighted by atomic mass is 10.1. The highest BCUT2D eigenvalue weighted by Crippen LogP contribution is 2.32. The summed E-state index contributed by atoms with van der Waals surface area (Å²) in [5.41, 5.74) is 2.09. The number of benzene rings is 1. The van der Waals surface area contributed by atoms with Gasteiger partial charge in [0.05, 0.1) is 10.9 Å². The maximum Gasteiger partial charge on any atom is 0.225 e. The molecular formula is C11H6Cl2FN3. The van der Waals surface area contributed by atoms with Crippen LogP contribution in [0.5, 0.6) is 0 Å². The SMILES string of the molecule is Cc1cc(F)cc2c1[nH]c1nc(Cl)nc(Cl)c12. The largest absolute Gasteiger partial charge is 0.339 e. The predicted octanol–water partition coefficient (Wildman–Crippen LogP) is 3.87. The van der Waals surface area contributed by atoms with Gasteiger partial charge in [0, 0.05) is 5.39 Å². The molecule has 0 aliphatic rings. The van der Waals surface area contributed by atoms with E-state index >= 15 is 0 Å². The number of aryl methyl sites for hydroxylation is 1. The molecule has 1 aromatic carbocycles. The molecule has 0 saturated carbocycles. The lowest BCUT2D eigenvalue weighted by Crippen LogP contribution is -1.84. The number of rotatable bonds is 0. The minimum Gasteiger partial charge on any atom is -0.339 e. The summed E-state index contributed by atoms with van der Waals surface area (Å²) >= 11 is 11.7. The van der Waals surface area contributed by atoms with E-state index in [9.17, 15) is 4.39 Å². The van der Waals surface area contributed by atoms with Gasteiger partial charge in [0.15, 0.2) is 0 Å². The third-order valence-corrected chi connectivity index (χ3v) is 3.09. The van der Waals surface area contributed by atoms with Crippen molar-refractivity contribution >= 4 is 45.1 Å². The predicted molar refractivity (Wildman–Crippen MR) is 66.1 cm³/mol. The van der Waals surface area contributed by atoms with Crippen LogP contribution < -0.4 is 0 Å². The fraction of sp³-hybridized carbons (Fsp3) is 0.0909. The lowest BCUT2D eigenvalue weighted by Gasteiger charge is -1.97. The third kappa shape index (κ3) is 1.56. The molecule has 0 atom stereocenters. The highest BCUT2D eigenvalue weighted by atomic mass is 35.5. The first-order chi connectivity index (χ1) is 8.06. The molecule has 2 heterocycles. The Bertz CT molecular complexity index is 751. The number of nitrogens with one attached hydrogen (secondary N) is 1. The molecule has 86 valence electrons. The number of hydrogen-bond donors (Lipinski definition) is 1. The number of halogens is 3. The molecule has 0 bridgehead atoms. The molecule has 6 heteroatoms. The van der Waals surface area contributed by atoms with Crippen molar-refractivity contribution in [2.45, 2.75) is 6.92 Å². The highest BCUT2D eigenvalue weighted by Gasteiger charge is 2.13. The average Bonchev–Trinajstić information content (AvgIpc) is 2.56. The van der Waals surface area contributed by atoms with Crippen molar-refractivity contribution in [3.8, 4) is 0 Å². The second kappa shape index (κ2) is 3.55. The normalized spacial score (nSPS) is 11.5. The van der Waals surface area contributed by atoms with Crippen LogP contribution in [0.4, 0.5) is 4.39 Å².